The Morgan fingerprint density at radius 2 is 2.05 bits per heavy atom. The van der Waals surface area contributed by atoms with Gasteiger partial charge in [-0.2, -0.15) is 0 Å². The molecule has 1 aliphatic rings. The van der Waals surface area contributed by atoms with Crippen molar-refractivity contribution in [2.24, 2.45) is 11.3 Å². The second-order valence-corrected chi connectivity index (χ2v) is 7.72. The fourth-order valence-electron chi connectivity index (χ4n) is 3.02. The minimum atomic E-state index is 0.109. The van der Waals surface area contributed by atoms with Crippen LogP contribution in [0.2, 0.25) is 0 Å². The standard InChI is InChI=1S/C17H35NO/c1-6-11-18-14-17(9-7-8-15(2)13-17)19-12-10-16(3,4)5/h15,18H,6-14H2,1-5H3. The lowest BCUT2D eigenvalue weighted by Gasteiger charge is -2.41. The van der Waals surface area contributed by atoms with Gasteiger partial charge in [-0.25, -0.2) is 0 Å². The highest BCUT2D eigenvalue weighted by molar-refractivity contribution is 4.89. The lowest BCUT2D eigenvalue weighted by molar-refractivity contribution is -0.0854. The Bertz CT molecular complexity index is 246. The zero-order valence-corrected chi connectivity index (χ0v) is 13.8. The molecule has 0 radical (unpaired) electrons. The molecular formula is C17H35NO. The summed E-state index contributed by atoms with van der Waals surface area (Å²) in [4.78, 5) is 0. The molecule has 0 aromatic carbocycles. The molecule has 1 fully saturated rings. The van der Waals surface area contributed by atoms with Gasteiger partial charge in [0.15, 0.2) is 0 Å². The van der Waals surface area contributed by atoms with Crippen molar-refractivity contribution in [3.63, 3.8) is 0 Å². The van der Waals surface area contributed by atoms with E-state index < -0.39 is 0 Å². The van der Waals surface area contributed by atoms with Crippen LogP contribution in [0.25, 0.3) is 0 Å². The van der Waals surface area contributed by atoms with Crippen LogP contribution >= 0.6 is 0 Å². The van der Waals surface area contributed by atoms with E-state index >= 15 is 0 Å². The predicted octanol–water partition coefficient (Wildman–Crippen LogP) is 4.39. The molecule has 19 heavy (non-hydrogen) atoms. The van der Waals surface area contributed by atoms with E-state index in [1.165, 1.54) is 32.1 Å². The maximum Gasteiger partial charge on any atom is 0.0808 e. The third kappa shape index (κ3) is 6.76. The van der Waals surface area contributed by atoms with E-state index in [4.69, 9.17) is 4.74 Å². The summed E-state index contributed by atoms with van der Waals surface area (Å²) in [6, 6.07) is 0. The summed E-state index contributed by atoms with van der Waals surface area (Å²) in [6.07, 6.45) is 7.51. The largest absolute Gasteiger partial charge is 0.374 e. The van der Waals surface area contributed by atoms with Crippen LogP contribution in [0.4, 0.5) is 0 Å². The minimum Gasteiger partial charge on any atom is -0.374 e. The van der Waals surface area contributed by atoms with Crippen molar-refractivity contribution in [1.82, 2.24) is 5.32 Å². The highest BCUT2D eigenvalue weighted by Gasteiger charge is 2.35. The molecule has 2 nitrogen and oxygen atoms in total. The summed E-state index contributed by atoms with van der Waals surface area (Å²) >= 11 is 0. The molecule has 0 heterocycles. The maximum absolute atomic E-state index is 6.40. The second kappa shape index (κ2) is 7.64. The predicted molar refractivity (Wildman–Crippen MR) is 83.5 cm³/mol. The summed E-state index contributed by atoms with van der Waals surface area (Å²) in [5.41, 5.74) is 0.483. The van der Waals surface area contributed by atoms with E-state index in [1.807, 2.05) is 0 Å². The van der Waals surface area contributed by atoms with Crippen LogP contribution in [0, 0.1) is 11.3 Å². The first-order valence-corrected chi connectivity index (χ1v) is 8.22. The summed E-state index contributed by atoms with van der Waals surface area (Å²) in [7, 11) is 0. The normalized spacial score (nSPS) is 28.6. The lowest BCUT2D eigenvalue weighted by Crippen LogP contribution is -2.47. The fourth-order valence-corrected chi connectivity index (χ4v) is 3.02. The van der Waals surface area contributed by atoms with E-state index in [9.17, 15) is 0 Å². The Labute approximate surface area is 120 Å². The van der Waals surface area contributed by atoms with Gasteiger partial charge in [0.1, 0.15) is 0 Å². The average molecular weight is 269 g/mol. The number of hydrogen-bond acceptors (Lipinski definition) is 2. The van der Waals surface area contributed by atoms with Crippen LogP contribution in [0.1, 0.15) is 73.1 Å². The first-order chi connectivity index (χ1) is 8.87. The van der Waals surface area contributed by atoms with E-state index in [1.54, 1.807) is 0 Å². The van der Waals surface area contributed by atoms with Gasteiger partial charge >= 0.3 is 0 Å². The molecule has 0 aromatic rings. The van der Waals surface area contributed by atoms with Gasteiger partial charge in [-0.3, -0.25) is 0 Å². The highest BCUT2D eigenvalue weighted by atomic mass is 16.5. The zero-order valence-electron chi connectivity index (χ0n) is 13.8. The first-order valence-electron chi connectivity index (χ1n) is 8.22. The molecule has 2 unspecified atom stereocenters. The Hall–Kier alpha value is -0.0800. The van der Waals surface area contributed by atoms with Crippen molar-refractivity contribution in [3.05, 3.63) is 0 Å². The molecular weight excluding hydrogens is 234 g/mol. The molecule has 0 saturated heterocycles. The lowest BCUT2D eigenvalue weighted by atomic mass is 9.78. The van der Waals surface area contributed by atoms with Crippen molar-refractivity contribution in [2.75, 3.05) is 19.7 Å². The Morgan fingerprint density at radius 1 is 1.32 bits per heavy atom. The van der Waals surface area contributed by atoms with Crippen molar-refractivity contribution in [3.8, 4) is 0 Å². The van der Waals surface area contributed by atoms with Crippen LogP contribution < -0.4 is 5.32 Å². The van der Waals surface area contributed by atoms with E-state index in [-0.39, 0.29) is 5.60 Å². The SMILES string of the molecule is CCCNCC1(OCCC(C)(C)C)CCCC(C)C1. The van der Waals surface area contributed by atoms with Gasteiger partial charge in [0.2, 0.25) is 0 Å². The molecule has 0 amide bonds. The minimum absolute atomic E-state index is 0.109. The highest BCUT2D eigenvalue weighted by Crippen LogP contribution is 2.35. The molecule has 0 aromatic heterocycles. The van der Waals surface area contributed by atoms with Crippen molar-refractivity contribution in [1.29, 1.82) is 0 Å². The first kappa shape index (κ1) is 17.0. The zero-order chi connectivity index (χ0) is 14.4. The topological polar surface area (TPSA) is 21.3 Å². The van der Waals surface area contributed by atoms with Crippen LogP contribution in [0.15, 0.2) is 0 Å². The van der Waals surface area contributed by atoms with Gasteiger partial charge in [0.25, 0.3) is 0 Å². The fraction of sp³-hybridized carbons (Fsp3) is 1.00. The average Bonchev–Trinajstić information content (AvgIpc) is 2.27. The van der Waals surface area contributed by atoms with Gasteiger partial charge < -0.3 is 10.1 Å². The van der Waals surface area contributed by atoms with Gasteiger partial charge in [-0.15, -0.1) is 0 Å². The van der Waals surface area contributed by atoms with Crippen molar-refractivity contribution < 1.29 is 4.74 Å². The maximum atomic E-state index is 6.40. The third-order valence-electron chi connectivity index (χ3n) is 4.18. The Balaban J connectivity index is 2.48. The van der Waals surface area contributed by atoms with Gasteiger partial charge in [-0.1, -0.05) is 47.5 Å². The summed E-state index contributed by atoms with van der Waals surface area (Å²) in [5, 5.41) is 3.59. The summed E-state index contributed by atoms with van der Waals surface area (Å²) in [5.74, 6) is 0.812. The van der Waals surface area contributed by atoms with Gasteiger partial charge in [0.05, 0.1) is 5.60 Å². The Kier molecular flexibility index (Phi) is 6.82. The number of rotatable bonds is 7. The van der Waals surface area contributed by atoms with E-state index in [0.717, 1.165) is 32.0 Å². The van der Waals surface area contributed by atoms with Crippen molar-refractivity contribution >= 4 is 0 Å². The number of hydrogen-bond donors (Lipinski definition) is 1. The van der Waals surface area contributed by atoms with E-state index in [0.29, 0.717) is 5.41 Å². The van der Waals surface area contributed by atoms with Crippen LogP contribution in [0.3, 0.4) is 0 Å². The molecule has 1 N–H and O–H groups in total. The molecule has 0 bridgehead atoms. The number of ether oxygens (including phenoxy) is 1. The molecule has 2 heteroatoms. The van der Waals surface area contributed by atoms with E-state index in [2.05, 4.69) is 39.9 Å². The van der Waals surface area contributed by atoms with Crippen molar-refractivity contribution in [2.45, 2.75) is 78.7 Å². The molecule has 0 aliphatic heterocycles. The van der Waals surface area contributed by atoms with Crippen LogP contribution in [-0.4, -0.2) is 25.3 Å². The molecule has 114 valence electrons. The van der Waals surface area contributed by atoms with Crippen LogP contribution in [0.5, 0.6) is 0 Å². The second-order valence-electron chi connectivity index (χ2n) is 7.72. The van der Waals surface area contributed by atoms with Gasteiger partial charge in [0, 0.05) is 13.2 Å². The smallest absolute Gasteiger partial charge is 0.0808 e. The Morgan fingerprint density at radius 3 is 2.63 bits per heavy atom. The molecule has 1 rings (SSSR count). The molecule has 0 spiro atoms. The molecule has 1 aliphatic carbocycles. The summed E-state index contributed by atoms with van der Waals surface area (Å²) < 4.78 is 6.40. The van der Waals surface area contributed by atoms with Gasteiger partial charge in [-0.05, 0) is 43.6 Å². The molecule has 2 atom stereocenters. The number of nitrogens with one attached hydrogen (secondary N) is 1. The van der Waals surface area contributed by atoms with Crippen LogP contribution in [-0.2, 0) is 4.74 Å². The molecule has 1 saturated carbocycles. The quantitative estimate of drug-likeness (QED) is 0.692. The monoisotopic (exact) mass is 269 g/mol. The third-order valence-corrected chi connectivity index (χ3v) is 4.18. The summed E-state index contributed by atoms with van der Waals surface area (Å²) in [6.45, 7) is 14.5.